The van der Waals surface area contributed by atoms with E-state index in [0.717, 1.165) is 16.7 Å². The highest BCUT2D eigenvalue weighted by molar-refractivity contribution is 5.51. The van der Waals surface area contributed by atoms with Crippen LogP contribution in [0.3, 0.4) is 0 Å². The molecule has 0 saturated heterocycles. The van der Waals surface area contributed by atoms with Crippen LogP contribution in [0.25, 0.3) is 0 Å². The molecule has 0 aromatic heterocycles. The molecule has 116 valence electrons. The lowest BCUT2D eigenvalue weighted by Gasteiger charge is -2.05. The second-order valence-corrected chi connectivity index (χ2v) is 5.15. The summed E-state index contributed by atoms with van der Waals surface area (Å²) in [6.45, 7) is 5.57. The molecule has 23 heavy (non-hydrogen) atoms. The lowest BCUT2D eigenvalue weighted by Crippen LogP contribution is -2.04. The molecular formula is C19H12F4. The van der Waals surface area contributed by atoms with Crippen LogP contribution in [0.4, 0.5) is 17.6 Å². The summed E-state index contributed by atoms with van der Waals surface area (Å²) in [5.74, 6) is -0.104. The lowest BCUT2D eigenvalue weighted by molar-refractivity contribution is 0.447. The molecule has 0 spiro atoms. The van der Waals surface area contributed by atoms with Gasteiger partial charge in [0.25, 0.3) is 0 Å². The van der Waals surface area contributed by atoms with Gasteiger partial charge < -0.3 is 0 Å². The SMILES string of the molecule is C#Cc1c(F)c(F)c(C#Cc2cc(C)c(C)cc2C)c(F)c1F. The smallest absolute Gasteiger partial charge is 0.178 e. The van der Waals surface area contributed by atoms with Crippen molar-refractivity contribution in [1.29, 1.82) is 0 Å². The van der Waals surface area contributed by atoms with Crippen LogP contribution < -0.4 is 0 Å². The number of hydrogen-bond donors (Lipinski definition) is 0. The van der Waals surface area contributed by atoms with Gasteiger partial charge in [0.1, 0.15) is 11.1 Å². The fraction of sp³-hybridized carbons (Fsp3) is 0.158. The van der Waals surface area contributed by atoms with Gasteiger partial charge >= 0.3 is 0 Å². The number of halogens is 4. The molecule has 0 bridgehead atoms. The molecule has 2 rings (SSSR count). The Morgan fingerprint density at radius 3 is 1.70 bits per heavy atom. The molecule has 4 heteroatoms. The van der Waals surface area contributed by atoms with Crippen LogP contribution in [0.1, 0.15) is 33.4 Å². The molecule has 0 saturated carbocycles. The monoisotopic (exact) mass is 316 g/mol. The Labute approximate surface area is 132 Å². The fourth-order valence-corrected chi connectivity index (χ4v) is 2.09. The highest BCUT2D eigenvalue weighted by atomic mass is 19.2. The highest BCUT2D eigenvalue weighted by Crippen LogP contribution is 2.23. The molecule has 0 amide bonds. The fourth-order valence-electron chi connectivity index (χ4n) is 2.09. The van der Waals surface area contributed by atoms with Crippen molar-refractivity contribution in [2.24, 2.45) is 0 Å². The first-order valence-electron chi connectivity index (χ1n) is 6.70. The summed E-state index contributed by atoms with van der Waals surface area (Å²) in [7, 11) is 0. The van der Waals surface area contributed by atoms with Gasteiger partial charge in [-0.25, -0.2) is 17.6 Å². The molecule has 2 aromatic carbocycles. The number of benzene rings is 2. The second-order valence-electron chi connectivity index (χ2n) is 5.15. The first-order valence-corrected chi connectivity index (χ1v) is 6.70. The first kappa shape index (κ1) is 16.6. The minimum absolute atomic E-state index is 0.522. The van der Waals surface area contributed by atoms with E-state index in [-0.39, 0.29) is 0 Å². The van der Waals surface area contributed by atoms with Gasteiger partial charge in [-0.05, 0) is 43.5 Å². The van der Waals surface area contributed by atoms with E-state index in [9.17, 15) is 17.6 Å². The Balaban J connectivity index is 2.65. The van der Waals surface area contributed by atoms with Crippen LogP contribution in [0.2, 0.25) is 0 Å². The van der Waals surface area contributed by atoms with Crippen LogP contribution in [-0.4, -0.2) is 0 Å². The molecule has 0 atom stereocenters. The van der Waals surface area contributed by atoms with Crippen LogP contribution in [0.15, 0.2) is 12.1 Å². The minimum atomic E-state index is -1.62. The molecule has 0 nitrogen and oxygen atoms in total. The van der Waals surface area contributed by atoms with E-state index in [4.69, 9.17) is 6.42 Å². The maximum atomic E-state index is 13.9. The maximum absolute atomic E-state index is 13.9. The van der Waals surface area contributed by atoms with Crippen molar-refractivity contribution in [3.05, 3.63) is 68.8 Å². The zero-order valence-electron chi connectivity index (χ0n) is 12.7. The highest BCUT2D eigenvalue weighted by Gasteiger charge is 2.23. The Kier molecular flexibility index (Phi) is 4.48. The second kappa shape index (κ2) is 6.18. The van der Waals surface area contributed by atoms with E-state index < -0.39 is 34.4 Å². The van der Waals surface area contributed by atoms with E-state index in [1.807, 2.05) is 19.9 Å². The first-order chi connectivity index (χ1) is 10.8. The van der Waals surface area contributed by atoms with E-state index in [1.165, 1.54) is 0 Å². The summed E-state index contributed by atoms with van der Waals surface area (Å²) in [6.07, 6.45) is 4.86. The Bertz CT molecular complexity index is 877. The molecule has 0 aliphatic heterocycles. The van der Waals surface area contributed by atoms with Crippen LogP contribution in [0.5, 0.6) is 0 Å². The minimum Gasteiger partial charge on any atom is -0.202 e. The van der Waals surface area contributed by atoms with Crippen LogP contribution in [-0.2, 0) is 0 Å². The van der Waals surface area contributed by atoms with Crippen LogP contribution >= 0.6 is 0 Å². The van der Waals surface area contributed by atoms with Crippen molar-refractivity contribution >= 4 is 0 Å². The summed E-state index contributed by atoms with van der Waals surface area (Å²) in [6, 6.07) is 3.62. The average molecular weight is 316 g/mol. The molecule has 0 heterocycles. The Morgan fingerprint density at radius 1 is 0.696 bits per heavy atom. The lowest BCUT2D eigenvalue weighted by atomic mass is 10.0. The van der Waals surface area contributed by atoms with Crippen molar-refractivity contribution in [3.63, 3.8) is 0 Å². The number of aryl methyl sites for hydroxylation is 3. The predicted molar refractivity (Wildman–Crippen MR) is 80.8 cm³/mol. The topological polar surface area (TPSA) is 0 Å². The summed E-state index contributed by atoms with van der Waals surface area (Å²) < 4.78 is 55.0. The summed E-state index contributed by atoms with van der Waals surface area (Å²) in [5, 5.41) is 0. The van der Waals surface area contributed by atoms with E-state index in [0.29, 0.717) is 5.56 Å². The average Bonchev–Trinajstić information content (AvgIpc) is 2.50. The maximum Gasteiger partial charge on any atom is 0.178 e. The van der Waals surface area contributed by atoms with Gasteiger partial charge in [0.05, 0.1) is 0 Å². The van der Waals surface area contributed by atoms with Crippen LogP contribution in [0, 0.1) is 68.2 Å². The van der Waals surface area contributed by atoms with Gasteiger partial charge in [0, 0.05) is 5.56 Å². The molecule has 2 aromatic rings. The zero-order chi connectivity index (χ0) is 17.3. The predicted octanol–water partition coefficient (Wildman–Crippen LogP) is 4.55. The van der Waals surface area contributed by atoms with Crippen molar-refractivity contribution in [2.75, 3.05) is 0 Å². The molecule has 0 aliphatic rings. The van der Waals surface area contributed by atoms with Crippen molar-refractivity contribution in [3.8, 4) is 24.2 Å². The third kappa shape index (κ3) is 2.94. The summed E-state index contributed by atoms with van der Waals surface area (Å²) >= 11 is 0. The molecule has 0 fully saturated rings. The van der Waals surface area contributed by atoms with Gasteiger partial charge in [-0.1, -0.05) is 23.8 Å². The quantitative estimate of drug-likeness (QED) is 0.380. The molecular weight excluding hydrogens is 304 g/mol. The van der Waals surface area contributed by atoms with Crippen molar-refractivity contribution in [1.82, 2.24) is 0 Å². The third-order valence-electron chi connectivity index (χ3n) is 3.57. The van der Waals surface area contributed by atoms with Gasteiger partial charge in [0.15, 0.2) is 23.3 Å². The molecule has 0 aliphatic carbocycles. The molecule has 0 unspecified atom stereocenters. The molecule has 0 radical (unpaired) electrons. The Hall–Kier alpha value is -2.72. The number of hydrogen-bond acceptors (Lipinski definition) is 0. The number of rotatable bonds is 0. The normalized spacial score (nSPS) is 10.0. The van der Waals surface area contributed by atoms with E-state index in [1.54, 1.807) is 18.9 Å². The van der Waals surface area contributed by atoms with Gasteiger partial charge in [0.2, 0.25) is 0 Å². The van der Waals surface area contributed by atoms with Crippen molar-refractivity contribution < 1.29 is 17.6 Å². The van der Waals surface area contributed by atoms with Gasteiger partial charge in [-0.3, -0.25) is 0 Å². The van der Waals surface area contributed by atoms with E-state index in [2.05, 4.69) is 11.8 Å². The zero-order valence-corrected chi connectivity index (χ0v) is 12.7. The standard InChI is InChI=1S/C19H12F4/c1-5-14-16(20)18(22)15(19(23)17(14)21)7-6-13-9-11(3)10(2)8-12(13)4/h1,8-9H,2-4H3. The number of terminal acetylenes is 1. The van der Waals surface area contributed by atoms with Gasteiger partial charge in [-0.15, -0.1) is 6.42 Å². The van der Waals surface area contributed by atoms with Gasteiger partial charge in [-0.2, -0.15) is 0 Å². The van der Waals surface area contributed by atoms with Crippen molar-refractivity contribution in [2.45, 2.75) is 20.8 Å². The Morgan fingerprint density at radius 2 is 1.17 bits per heavy atom. The third-order valence-corrected chi connectivity index (χ3v) is 3.57. The summed E-state index contributed by atoms with van der Waals surface area (Å²) in [5.41, 5.74) is 1.25. The summed E-state index contributed by atoms with van der Waals surface area (Å²) in [4.78, 5) is 0. The largest absolute Gasteiger partial charge is 0.202 e. The van der Waals surface area contributed by atoms with E-state index >= 15 is 0 Å². The molecule has 0 N–H and O–H groups in total.